The second-order valence-electron chi connectivity index (χ2n) is 5.61. The van der Waals surface area contributed by atoms with Crippen molar-refractivity contribution in [3.63, 3.8) is 0 Å². The summed E-state index contributed by atoms with van der Waals surface area (Å²) in [5.74, 6) is -0.746. The fourth-order valence-corrected chi connectivity index (χ4v) is 2.34. The van der Waals surface area contributed by atoms with Crippen molar-refractivity contribution < 1.29 is 33.3 Å². The Balaban J connectivity index is 2.10. The molecule has 0 aliphatic carbocycles. The number of carboxylic acids is 1. The number of benzene rings is 2. The van der Waals surface area contributed by atoms with Crippen molar-refractivity contribution in [3.05, 3.63) is 53.8 Å². The summed E-state index contributed by atoms with van der Waals surface area (Å²) in [6, 6.07) is 10.2. The Morgan fingerprint density at radius 1 is 1.00 bits per heavy atom. The molecule has 0 radical (unpaired) electrons. The van der Waals surface area contributed by atoms with Gasteiger partial charge < -0.3 is 24.2 Å². The SMILES string of the molecule is COc1cc(CN(CC(=O)O)C(=O)COc2ccc(F)cc2)cc(OC)c1. The van der Waals surface area contributed by atoms with Gasteiger partial charge in [0.05, 0.1) is 14.2 Å². The normalized spacial score (nSPS) is 10.2. The highest BCUT2D eigenvalue weighted by Gasteiger charge is 2.19. The van der Waals surface area contributed by atoms with E-state index in [4.69, 9.17) is 19.3 Å². The standard InChI is InChI=1S/C19H20FNO6/c1-25-16-7-13(8-17(9-16)26-2)10-21(11-19(23)24)18(22)12-27-15-5-3-14(20)4-6-15/h3-9H,10-12H2,1-2H3,(H,23,24). The van der Waals surface area contributed by atoms with Gasteiger partial charge in [0.25, 0.3) is 5.91 Å². The monoisotopic (exact) mass is 377 g/mol. The van der Waals surface area contributed by atoms with E-state index in [9.17, 15) is 14.0 Å². The first-order chi connectivity index (χ1) is 12.9. The molecule has 8 heteroatoms. The highest BCUT2D eigenvalue weighted by Crippen LogP contribution is 2.23. The number of carbonyl (C=O) groups excluding carboxylic acids is 1. The summed E-state index contributed by atoms with van der Waals surface area (Å²) in [6.45, 7) is -0.837. The van der Waals surface area contributed by atoms with E-state index in [1.54, 1.807) is 18.2 Å². The molecule has 7 nitrogen and oxygen atoms in total. The molecule has 0 unspecified atom stereocenters. The van der Waals surface area contributed by atoms with Gasteiger partial charge in [-0.05, 0) is 42.0 Å². The molecule has 0 heterocycles. The molecule has 0 aliphatic heterocycles. The number of hydrogen-bond acceptors (Lipinski definition) is 5. The lowest BCUT2D eigenvalue weighted by Crippen LogP contribution is -2.38. The average Bonchev–Trinajstić information content (AvgIpc) is 2.66. The lowest BCUT2D eigenvalue weighted by atomic mass is 10.2. The molecule has 0 saturated carbocycles. The van der Waals surface area contributed by atoms with Gasteiger partial charge in [-0.3, -0.25) is 9.59 Å². The van der Waals surface area contributed by atoms with Crippen molar-refractivity contribution in [2.45, 2.75) is 6.54 Å². The van der Waals surface area contributed by atoms with Crippen molar-refractivity contribution in [3.8, 4) is 17.2 Å². The van der Waals surface area contributed by atoms with Gasteiger partial charge in [0, 0.05) is 12.6 Å². The van der Waals surface area contributed by atoms with E-state index < -0.39 is 24.2 Å². The number of carboxylic acid groups (broad SMARTS) is 1. The zero-order chi connectivity index (χ0) is 19.8. The second-order valence-corrected chi connectivity index (χ2v) is 5.61. The third-order valence-corrected chi connectivity index (χ3v) is 3.64. The lowest BCUT2D eigenvalue weighted by Gasteiger charge is -2.21. The molecule has 1 N–H and O–H groups in total. The van der Waals surface area contributed by atoms with Crippen LogP contribution in [0, 0.1) is 5.82 Å². The van der Waals surface area contributed by atoms with Crippen molar-refractivity contribution in [1.82, 2.24) is 4.90 Å². The number of carbonyl (C=O) groups is 2. The van der Waals surface area contributed by atoms with Crippen LogP contribution in [0.15, 0.2) is 42.5 Å². The highest BCUT2D eigenvalue weighted by atomic mass is 19.1. The molecule has 2 aromatic carbocycles. The summed E-state index contributed by atoms with van der Waals surface area (Å²) in [7, 11) is 2.99. The lowest BCUT2D eigenvalue weighted by molar-refractivity contribution is -0.145. The molecule has 0 spiro atoms. The summed E-state index contributed by atoms with van der Waals surface area (Å²) >= 11 is 0. The molecular weight excluding hydrogens is 357 g/mol. The summed E-state index contributed by atoms with van der Waals surface area (Å²) < 4.78 is 28.6. The molecule has 1 amide bonds. The van der Waals surface area contributed by atoms with E-state index in [0.717, 1.165) is 4.90 Å². The molecule has 0 bridgehead atoms. The smallest absolute Gasteiger partial charge is 0.323 e. The van der Waals surface area contributed by atoms with E-state index in [2.05, 4.69) is 0 Å². The molecule has 0 aromatic heterocycles. The Labute approximate surface area is 155 Å². The van der Waals surface area contributed by atoms with Gasteiger partial charge in [0.15, 0.2) is 6.61 Å². The Kier molecular flexibility index (Phi) is 6.99. The van der Waals surface area contributed by atoms with E-state index in [1.165, 1.54) is 38.5 Å². The maximum Gasteiger partial charge on any atom is 0.323 e. The molecule has 2 rings (SSSR count). The van der Waals surface area contributed by atoms with E-state index in [1.807, 2.05) is 0 Å². The van der Waals surface area contributed by atoms with Crippen LogP contribution in [-0.2, 0) is 16.1 Å². The summed E-state index contributed by atoms with van der Waals surface area (Å²) in [6.07, 6.45) is 0. The minimum atomic E-state index is -1.15. The third-order valence-electron chi connectivity index (χ3n) is 3.64. The van der Waals surface area contributed by atoms with Crippen molar-refractivity contribution in [1.29, 1.82) is 0 Å². The summed E-state index contributed by atoms with van der Waals surface area (Å²) in [5.41, 5.74) is 0.641. The zero-order valence-electron chi connectivity index (χ0n) is 15.0. The Hall–Kier alpha value is -3.29. The summed E-state index contributed by atoms with van der Waals surface area (Å²) in [5, 5.41) is 9.10. The Morgan fingerprint density at radius 3 is 2.11 bits per heavy atom. The fraction of sp³-hybridized carbons (Fsp3) is 0.263. The second kappa shape index (κ2) is 9.42. The van der Waals surface area contributed by atoms with E-state index in [-0.39, 0.29) is 13.2 Å². The van der Waals surface area contributed by atoms with Gasteiger partial charge in [-0.25, -0.2) is 4.39 Å². The van der Waals surface area contributed by atoms with E-state index in [0.29, 0.717) is 22.8 Å². The molecule has 144 valence electrons. The van der Waals surface area contributed by atoms with Gasteiger partial charge in [-0.15, -0.1) is 0 Å². The number of hydrogen-bond donors (Lipinski definition) is 1. The van der Waals surface area contributed by atoms with Crippen LogP contribution in [-0.4, -0.2) is 49.3 Å². The van der Waals surface area contributed by atoms with Crippen LogP contribution in [0.3, 0.4) is 0 Å². The molecule has 0 atom stereocenters. The van der Waals surface area contributed by atoms with Gasteiger partial charge in [0.2, 0.25) is 0 Å². The number of rotatable bonds is 9. The Morgan fingerprint density at radius 2 is 1.59 bits per heavy atom. The molecular formula is C19H20FNO6. The summed E-state index contributed by atoms with van der Waals surface area (Å²) in [4.78, 5) is 24.7. The number of methoxy groups -OCH3 is 2. The van der Waals surface area contributed by atoms with E-state index >= 15 is 0 Å². The first-order valence-corrected chi connectivity index (χ1v) is 8.01. The topological polar surface area (TPSA) is 85.3 Å². The van der Waals surface area contributed by atoms with Crippen LogP contribution in [0.1, 0.15) is 5.56 Å². The number of halogens is 1. The first-order valence-electron chi connectivity index (χ1n) is 8.01. The van der Waals surface area contributed by atoms with Crippen molar-refractivity contribution >= 4 is 11.9 Å². The third kappa shape index (κ3) is 6.18. The number of nitrogens with zero attached hydrogens (tertiary/aromatic N) is 1. The van der Waals surface area contributed by atoms with Crippen LogP contribution in [0.4, 0.5) is 4.39 Å². The number of amides is 1. The van der Waals surface area contributed by atoms with Gasteiger partial charge >= 0.3 is 5.97 Å². The van der Waals surface area contributed by atoms with Crippen LogP contribution < -0.4 is 14.2 Å². The van der Waals surface area contributed by atoms with Crippen LogP contribution in [0.25, 0.3) is 0 Å². The van der Waals surface area contributed by atoms with Crippen LogP contribution in [0.5, 0.6) is 17.2 Å². The van der Waals surface area contributed by atoms with Gasteiger partial charge in [-0.1, -0.05) is 0 Å². The fourth-order valence-electron chi connectivity index (χ4n) is 2.34. The average molecular weight is 377 g/mol. The number of ether oxygens (including phenoxy) is 3. The highest BCUT2D eigenvalue weighted by molar-refractivity contribution is 5.82. The minimum Gasteiger partial charge on any atom is -0.497 e. The minimum absolute atomic E-state index is 0.0332. The predicted molar refractivity (Wildman–Crippen MR) is 94.5 cm³/mol. The van der Waals surface area contributed by atoms with Crippen LogP contribution >= 0.6 is 0 Å². The molecule has 27 heavy (non-hydrogen) atoms. The maximum absolute atomic E-state index is 12.9. The number of aliphatic carboxylic acids is 1. The van der Waals surface area contributed by atoms with Crippen LogP contribution in [0.2, 0.25) is 0 Å². The largest absolute Gasteiger partial charge is 0.497 e. The van der Waals surface area contributed by atoms with Gasteiger partial charge in [-0.2, -0.15) is 0 Å². The predicted octanol–water partition coefficient (Wildman–Crippen LogP) is 2.34. The molecule has 0 aliphatic rings. The molecule has 2 aromatic rings. The maximum atomic E-state index is 12.9. The van der Waals surface area contributed by atoms with Crippen molar-refractivity contribution in [2.24, 2.45) is 0 Å². The van der Waals surface area contributed by atoms with Gasteiger partial charge in [0.1, 0.15) is 29.6 Å². The molecule has 0 fully saturated rings. The zero-order valence-corrected chi connectivity index (χ0v) is 15.0. The molecule has 0 saturated heterocycles. The van der Waals surface area contributed by atoms with Crippen molar-refractivity contribution in [2.75, 3.05) is 27.4 Å². The Bertz CT molecular complexity index is 771. The first kappa shape index (κ1) is 20.0. The quantitative estimate of drug-likeness (QED) is 0.722.